The number of hydrogen-bond acceptors (Lipinski definition) is 5. The number of aliphatic hydroxyl groups excluding tert-OH is 1. The van der Waals surface area contributed by atoms with Gasteiger partial charge in [0.15, 0.2) is 0 Å². The summed E-state index contributed by atoms with van der Waals surface area (Å²) in [5, 5.41) is 24.7. The van der Waals surface area contributed by atoms with Crippen LogP contribution in [0, 0.1) is 35.0 Å². The van der Waals surface area contributed by atoms with Crippen LogP contribution in [-0.2, 0) is 14.4 Å². The van der Waals surface area contributed by atoms with Crippen LogP contribution in [0.25, 0.3) is 0 Å². The molecule has 2 aliphatic rings. The Bertz CT molecular complexity index is 620. The van der Waals surface area contributed by atoms with Gasteiger partial charge in [-0.3, -0.25) is 19.6 Å². The minimum atomic E-state index is -1.69. The van der Waals surface area contributed by atoms with Crippen LogP contribution < -0.4 is 16.1 Å². The number of likely N-dealkylation sites (N-methyl/N-ethyl adjacent to an activating group) is 1. The molecule has 172 valence electrons. The van der Waals surface area contributed by atoms with E-state index in [0.717, 1.165) is 25.7 Å². The van der Waals surface area contributed by atoms with Crippen LogP contribution in [0.1, 0.15) is 66.2 Å². The summed E-state index contributed by atoms with van der Waals surface area (Å²) in [7, 11) is 1.55. The van der Waals surface area contributed by atoms with Crippen LogP contribution >= 0.6 is 0 Å². The van der Waals surface area contributed by atoms with Gasteiger partial charge in [0.25, 0.3) is 5.91 Å². The van der Waals surface area contributed by atoms with E-state index < -0.39 is 35.3 Å². The van der Waals surface area contributed by atoms with Gasteiger partial charge in [0.1, 0.15) is 12.1 Å². The molecule has 0 saturated heterocycles. The highest BCUT2D eigenvalue weighted by atomic mass is 16.5. The van der Waals surface area contributed by atoms with Crippen molar-refractivity contribution in [3.8, 4) is 0 Å². The lowest BCUT2D eigenvalue weighted by Gasteiger charge is -2.50. The van der Waals surface area contributed by atoms with Gasteiger partial charge in [0.05, 0.1) is 5.92 Å². The molecule has 2 bridgehead atoms. The summed E-state index contributed by atoms with van der Waals surface area (Å²) in [6, 6.07) is -0.743. The Morgan fingerprint density at radius 1 is 1.03 bits per heavy atom. The molecule has 2 saturated carbocycles. The van der Waals surface area contributed by atoms with Crippen LogP contribution in [0.5, 0.6) is 0 Å². The van der Waals surface area contributed by atoms with Crippen LogP contribution in [0.3, 0.4) is 0 Å². The number of carbonyl (C=O) groups excluding carboxylic acids is 3. The second-order valence-electron chi connectivity index (χ2n) is 10.3. The van der Waals surface area contributed by atoms with E-state index in [1.54, 1.807) is 7.05 Å². The maximum atomic E-state index is 13.1. The summed E-state index contributed by atoms with van der Waals surface area (Å²) >= 11 is 0. The van der Waals surface area contributed by atoms with Gasteiger partial charge in [-0.1, -0.05) is 27.7 Å². The van der Waals surface area contributed by atoms with E-state index in [1.807, 2.05) is 13.8 Å². The second-order valence-corrected chi connectivity index (χ2v) is 10.3. The van der Waals surface area contributed by atoms with Gasteiger partial charge in [0, 0.05) is 7.05 Å². The van der Waals surface area contributed by atoms with E-state index in [4.69, 9.17) is 5.21 Å². The molecular weight excluding hydrogens is 386 g/mol. The van der Waals surface area contributed by atoms with E-state index in [0.29, 0.717) is 17.8 Å². The summed E-state index contributed by atoms with van der Waals surface area (Å²) in [5.41, 5.74) is 1.02. The maximum absolute atomic E-state index is 13.1. The van der Waals surface area contributed by atoms with Crippen molar-refractivity contribution in [2.45, 2.75) is 78.4 Å². The predicted molar refractivity (Wildman–Crippen MR) is 112 cm³/mol. The molecule has 0 spiro atoms. The zero-order valence-corrected chi connectivity index (χ0v) is 18.9. The first-order valence-corrected chi connectivity index (χ1v) is 11.1. The number of nitrogens with one attached hydrogen (secondary N) is 3. The van der Waals surface area contributed by atoms with Crippen LogP contribution in [0.2, 0.25) is 0 Å². The molecule has 0 aliphatic heterocycles. The average molecular weight is 426 g/mol. The second kappa shape index (κ2) is 10.1. The molecule has 2 aliphatic carbocycles. The summed E-state index contributed by atoms with van der Waals surface area (Å²) in [4.78, 5) is 37.7. The highest BCUT2D eigenvalue weighted by Crippen LogP contribution is 2.51. The summed E-state index contributed by atoms with van der Waals surface area (Å²) < 4.78 is 0. The molecule has 2 fully saturated rings. The third kappa shape index (κ3) is 5.72. The Kier molecular flexibility index (Phi) is 8.27. The fourth-order valence-corrected chi connectivity index (χ4v) is 5.96. The van der Waals surface area contributed by atoms with Gasteiger partial charge in [-0.15, -0.1) is 0 Å². The Balaban J connectivity index is 2.25. The minimum Gasteiger partial charge on any atom is -0.382 e. The molecule has 8 nitrogen and oxygen atoms in total. The van der Waals surface area contributed by atoms with Gasteiger partial charge in [-0.05, 0) is 67.6 Å². The van der Waals surface area contributed by atoms with E-state index in [1.165, 1.54) is 11.9 Å². The molecule has 0 aromatic carbocycles. The topological polar surface area (TPSA) is 128 Å². The van der Waals surface area contributed by atoms with Crippen molar-refractivity contribution in [2.75, 3.05) is 7.05 Å². The minimum absolute atomic E-state index is 0.0338. The van der Waals surface area contributed by atoms with Crippen molar-refractivity contribution >= 4 is 17.7 Å². The standard InChI is InChI=1S/C22H39N3O5/c1-12(2)6-16(17(26)20(28)25-30)19(27)24-18(21(29)23-5)22(4)10-14-7-13(3)8-15(9-14)11-22/h12-18,26,30H,6-11H2,1-5H3,(H,23,29)(H,24,27)(H,25,28)/t13?,14?,15?,16-,17+,18?,22?/m1/s1. The maximum Gasteiger partial charge on any atom is 0.272 e. The van der Waals surface area contributed by atoms with Crippen molar-refractivity contribution in [2.24, 2.45) is 35.0 Å². The Morgan fingerprint density at radius 2 is 1.60 bits per heavy atom. The van der Waals surface area contributed by atoms with Crippen molar-refractivity contribution < 1.29 is 24.7 Å². The molecule has 0 heterocycles. The third-order valence-electron chi connectivity index (χ3n) is 6.96. The van der Waals surface area contributed by atoms with Gasteiger partial charge >= 0.3 is 0 Å². The quantitative estimate of drug-likeness (QED) is 0.298. The fourth-order valence-electron chi connectivity index (χ4n) is 5.96. The largest absolute Gasteiger partial charge is 0.382 e. The van der Waals surface area contributed by atoms with Crippen molar-refractivity contribution in [3.63, 3.8) is 0 Å². The number of carbonyl (C=O) groups is 3. The molecule has 5 atom stereocenters. The van der Waals surface area contributed by atoms with Crippen molar-refractivity contribution in [1.82, 2.24) is 16.1 Å². The lowest BCUT2D eigenvalue weighted by atomic mass is 9.57. The first-order valence-electron chi connectivity index (χ1n) is 11.1. The molecule has 3 amide bonds. The monoisotopic (exact) mass is 425 g/mol. The molecule has 8 heteroatoms. The molecule has 2 rings (SSSR count). The number of hydrogen-bond donors (Lipinski definition) is 5. The van der Waals surface area contributed by atoms with Crippen molar-refractivity contribution in [3.05, 3.63) is 0 Å². The normalized spacial score (nSPS) is 31.4. The zero-order valence-electron chi connectivity index (χ0n) is 18.9. The third-order valence-corrected chi connectivity index (χ3v) is 6.96. The summed E-state index contributed by atoms with van der Waals surface area (Å²) in [6.45, 7) is 8.11. The number of fused-ring (bicyclic) bond motifs is 2. The van der Waals surface area contributed by atoms with E-state index in [-0.39, 0.29) is 18.2 Å². The smallest absolute Gasteiger partial charge is 0.272 e. The van der Waals surface area contributed by atoms with Gasteiger partial charge in [-0.2, -0.15) is 0 Å². The lowest BCUT2D eigenvalue weighted by Crippen LogP contribution is -2.59. The summed E-state index contributed by atoms with van der Waals surface area (Å²) in [5.74, 6) is -1.09. The first-order chi connectivity index (χ1) is 14.0. The molecule has 3 unspecified atom stereocenters. The highest BCUT2D eigenvalue weighted by Gasteiger charge is 2.48. The zero-order chi connectivity index (χ0) is 22.6. The van der Waals surface area contributed by atoms with Crippen LogP contribution in [0.15, 0.2) is 0 Å². The molecule has 30 heavy (non-hydrogen) atoms. The number of amides is 3. The first kappa shape index (κ1) is 24.6. The fraction of sp³-hybridized carbons (Fsp3) is 0.864. The van der Waals surface area contributed by atoms with E-state index in [9.17, 15) is 19.5 Å². The van der Waals surface area contributed by atoms with Crippen LogP contribution in [-0.4, -0.2) is 47.2 Å². The summed E-state index contributed by atoms with van der Waals surface area (Å²) in [6.07, 6.45) is 3.75. The molecule has 5 N–H and O–H groups in total. The Hall–Kier alpha value is -1.67. The highest BCUT2D eigenvalue weighted by molar-refractivity contribution is 5.92. The Labute approximate surface area is 179 Å². The van der Waals surface area contributed by atoms with Gasteiger partial charge in [-0.25, -0.2) is 5.48 Å². The Morgan fingerprint density at radius 3 is 2.07 bits per heavy atom. The molecule has 0 aromatic rings. The van der Waals surface area contributed by atoms with E-state index >= 15 is 0 Å². The predicted octanol–water partition coefficient (Wildman–Crippen LogP) is 1.60. The van der Waals surface area contributed by atoms with Crippen molar-refractivity contribution in [1.29, 1.82) is 0 Å². The number of aliphatic hydroxyl groups is 1. The van der Waals surface area contributed by atoms with Gasteiger partial charge in [0.2, 0.25) is 11.8 Å². The molecule has 0 aromatic heterocycles. The molecule has 0 radical (unpaired) electrons. The lowest BCUT2D eigenvalue weighted by molar-refractivity contribution is -0.148. The SMILES string of the molecule is CNC(=O)C(NC(=O)[C@H](CC(C)C)[C@H](O)C(=O)NO)C1(C)CC2CC(C)CC(C2)C1. The van der Waals surface area contributed by atoms with Crippen LogP contribution in [0.4, 0.5) is 0 Å². The molecular formula is C22H39N3O5. The van der Waals surface area contributed by atoms with Gasteiger partial charge < -0.3 is 15.7 Å². The number of rotatable bonds is 8. The number of hydroxylamine groups is 1. The average Bonchev–Trinajstić information content (AvgIpc) is 2.66. The van der Waals surface area contributed by atoms with E-state index in [2.05, 4.69) is 24.5 Å².